The minimum absolute atomic E-state index is 0.0306. The molecule has 0 bridgehead atoms. The molecule has 2 aromatic carbocycles. The van der Waals surface area contributed by atoms with E-state index in [1.165, 1.54) is 22.0 Å². The molecule has 2 aromatic rings. The third kappa shape index (κ3) is 5.12. The molecule has 1 heterocycles. The predicted molar refractivity (Wildman–Crippen MR) is 117 cm³/mol. The van der Waals surface area contributed by atoms with Crippen LogP contribution < -0.4 is 5.32 Å². The Kier molecular flexibility index (Phi) is 6.89. The van der Waals surface area contributed by atoms with Crippen molar-refractivity contribution in [1.29, 1.82) is 0 Å². The number of carbonyl (C=O) groups excluding carboxylic acids is 1. The van der Waals surface area contributed by atoms with E-state index < -0.39 is 15.9 Å². The minimum Gasteiger partial charge on any atom is -0.326 e. The van der Waals surface area contributed by atoms with Crippen molar-refractivity contribution >= 4 is 44.8 Å². The lowest BCUT2D eigenvalue weighted by molar-refractivity contribution is -0.120. The third-order valence-corrected chi connectivity index (χ3v) is 7.69. The third-order valence-electron chi connectivity index (χ3n) is 5.11. The zero-order chi connectivity index (χ0) is 21.2. The molecule has 156 valence electrons. The Morgan fingerprint density at radius 1 is 1.14 bits per heavy atom. The van der Waals surface area contributed by atoms with E-state index in [-0.39, 0.29) is 22.4 Å². The summed E-state index contributed by atoms with van der Waals surface area (Å²) in [6.07, 6.45) is 1.23. The van der Waals surface area contributed by atoms with Gasteiger partial charge in [-0.3, -0.25) is 4.79 Å². The van der Waals surface area contributed by atoms with Gasteiger partial charge in [-0.05, 0) is 54.7 Å². The van der Waals surface area contributed by atoms with Crippen LogP contribution in [-0.4, -0.2) is 31.7 Å². The molecule has 5 nitrogen and oxygen atoms in total. The molecular formula is C21H24Cl2N2O3S. The molecule has 1 amide bonds. The lowest BCUT2D eigenvalue weighted by Crippen LogP contribution is -2.43. The molecule has 1 aliphatic heterocycles. The summed E-state index contributed by atoms with van der Waals surface area (Å²) in [5.41, 5.74) is 1.90. The van der Waals surface area contributed by atoms with Crippen LogP contribution in [0.15, 0.2) is 47.4 Å². The molecule has 0 radical (unpaired) electrons. The second-order valence-corrected chi connectivity index (χ2v) is 10.3. The van der Waals surface area contributed by atoms with Gasteiger partial charge in [0, 0.05) is 23.8 Å². The molecular weight excluding hydrogens is 431 g/mol. The number of sulfonamides is 1. The van der Waals surface area contributed by atoms with Gasteiger partial charge in [-0.1, -0.05) is 49.2 Å². The molecule has 0 aromatic heterocycles. The highest BCUT2D eigenvalue weighted by Crippen LogP contribution is 2.30. The van der Waals surface area contributed by atoms with Gasteiger partial charge in [0.05, 0.1) is 10.9 Å². The van der Waals surface area contributed by atoms with Crippen molar-refractivity contribution in [3.05, 3.63) is 58.1 Å². The van der Waals surface area contributed by atoms with Crippen molar-refractivity contribution in [3.63, 3.8) is 0 Å². The summed E-state index contributed by atoms with van der Waals surface area (Å²) in [4.78, 5) is 12.7. The van der Waals surface area contributed by atoms with Crippen molar-refractivity contribution < 1.29 is 13.2 Å². The summed E-state index contributed by atoms with van der Waals surface area (Å²) >= 11 is 12.1. The molecule has 1 saturated heterocycles. The summed E-state index contributed by atoms with van der Waals surface area (Å²) in [6.45, 7) is 4.67. The standard InChI is InChI=1S/C21H24Cl2N2O3S/c1-14(2)15-5-8-18(9-6-15)24-21(26)16-4-3-11-25(13-16)29(27,28)20-12-17(22)7-10-19(20)23/h5-10,12,14,16H,3-4,11,13H2,1-2H3,(H,24,26)/t16-/m0/s1. The number of hydrogen-bond donors (Lipinski definition) is 1. The molecule has 29 heavy (non-hydrogen) atoms. The van der Waals surface area contributed by atoms with Gasteiger partial charge in [0.25, 0.3) is 0 Å². The van der Waals surface area contributed by atoms with Gasteiger partial charge in [-0.25, -0.2) is 8.42 Å². The van der Waals surface area contributed by atoms with Gasteiger partial charge in [-0.2, -0.15) is 4.31 Å². The fraction of sp³-hybridized carbons (Fsp3) is 0.381. The first-order valence-electron chi connectivity index (χ1n) is 9.54. The molecule has 0 unspecified atom stereocenters. The highest BCUT2D eigenvalue weighted by Gasteiger charge is 2.34. The minimum atomic E-state index is -3.83. The summed E-state index contributed by atoms with van der Waals surface area (Å²) in [5, 5.41) is 3.31. The maximum absolute atomic E-state index is 13.0. The number of nitrogens with zero attached hydrogens (tertiary/aromatic N) is 1. The number of rotatable bonds is 5. The summed E-state index contributed by atoms with van der Waals surface area (Å²) in [7, 11) is -3.83. The predicted octanol–water partition coefficient (Wildman–Crippen LogP) is 5.16. The Morgan fingerprint density at radius 3 is 2.48 bits per heavy atom. The molecule has 8 heteroatoms. The number of benzene rings is 2. The van der Waals surface area contributed by atoms with E-state index in [4.69, 9.17) is 23.2 Å². The maximum Gasteiger partial charge on any atom is 0.244 e. The van der Waals surface area contributed by atoms with Crippen LogP contribution in [0.5, 0.6) is 0 Å². The van der Waals surface area contributed by atoms with E-state index in [1.807, 2.05) is 24.3 Å². The van der Waals surface area contributed by atoms with E-state index in [0.29, 0.717) is 36.0 Å². The second-order valence-electron chi connectivity index (χ2n) is 7.54. The number of carbonyl (C=O) groups is 1. The number of nitrogens with one attached hydrogen (secondary N) is 1. The number of halogens is 2. The van der Waals surface area contributed by atoms with Crippen molar-refractivity contribution in [2.75, 3.05) is 18.4 Å². The summed E-state index contributed by atoms with van der Waals surface area (Å²) in [5.74, 6) is -0.198. The van der Waals surface area contributed by atoms with Gasteiger partial charge in [-0.15, -0.1) is 0 Å². The first-order valence-corrected chi connectivity index (χ1v) is 11.7. The van der Waals surface area contributed by atoms with Crippen molar-refractivity contribution in [2.24, 2.45) is 5.92 Å². The van der Waals surface area contributed by atoms with Crippen molar-refractivity contribution in [1.82, 2.24) is 4.31 Å². The van der Waals surface area contributed by atoms with Gasteiger partial charge in [0.2, 0.25) is 15.9 Å². The lowest BCUT2D eigenvalue weighted by atomic mass is 9.98. The zero-order valence-electron chi connectivity index (χ0n) is 16.4. The van der Waals surface area contributed by atoms with Crippen molar-refractivity contribution in [3.8, 4) is 0 Å². The number of amides is 1. The Hall–Kier alpha value is -1.60. The van der Waals surface area contributed by atoms with E-state index in [0.717, 1.165) is 0 Å². The van der Waals surface area contributed by atoms with Gasteiger partial charge in [0.15, 0.2) is 0 Å². The van der Waals surface area contributed by atoms with Crippen LogP contribution in [0.2, 0.25) is 10.0 Å². The van der Waals surface area contributed by atoms with Crippen LogP contribution in [-0.2, 0) is 14.8 Å². The van der Waals surface area contributed by atoms with Gasteiger partial charge in [0.1, 0.15) is 4.90 Å². The first-order chi connectivity index (χ1) is 13.7. The van der Waals surface area contributed by atoms with Crippen LogP contribution in [0.3, 0.4) is 0 Å². The molecule has 3 rings (SSSR count). The van der Waals surface area contributed by atoms with Crippen LogP contribution in [0.25, 0.3) is 0 Å². The largest absolute Gasteiger partial charge is 0.326 e. The van der Waals surface area contributed by atoms with Gasteiger partial charge < -0.3 is 5.32 Å². The quantitative estimate of drug-likeness (QED) is 0.678. The molecule has 0 saturated carbocycles. The molecule has 1 atom stereocenters. The second kappa shape index (κ2) is 9.04. The van der Waals surface area contributed by atoms with E-state index >= 15 is 0 Å². The van der Waals surface area contributed by atoms with E-state index in [2.05, 4.69) is 19.2 Å². The number of anilines is 1. The summed E-state index contributed by atoms with van der Waals surface area (Å²) < 4.78 is 27.4. The van der Waals surface area contributed by atoms with Gasteiger partial charge >= 0.3 is 0 Å². The van der Waals surface area contributed by atoms with E-state index in [9.17, 15) is 13.2 Å². The number of hydrogen-bond acceptors (Lipinski definition) is 3. The van der Waals surface area contributed by atoms with E-state index in [1.54, 1.807) is 6.07 Å². The van der Waals surface area contributed by atoms with Crippen molar-refractivity contribution in [2.45, 2.75) is 37.5 Å². The Morgan fingerprint density at radius 2 is 1.83 bits per heavy atom. The fourth-order valence-corrected chi connectivity index (χ4v) is 5.65. The Balaban J connectivity index is 1.72. The highest BCUT2D eigenvalue weighted by atomic mass is 35.5. The SMILES string of the molecule is CC(C)c1ccc(NC(=O)[C@H]2CCCN(S(=O)(=O)c3cc(Cl)ccc3Cl)C2)cc1. The fourth-order valence-electron chi connectivity index (χ4n) is 3.38. The Bertz CT molecular complexity index is 991. The molecule has 1 fully saturated rings. The topological polar surface area (TPSA) is 66.5 Å². The smallest absolute Gasteiger partial charge is 0.244 e. The van der Waals surface area contributed by atoms with Crippen LogP contribution in [0, 0.1) is 5.92 Å². The van der Waals surface area contributed by atoms with Crippen LogP contribution >= 0.6 is 23.2 Å². The normalized spacial score (nSPS) is 18.0. The molecule has 0 aliphatic carbocycles. The average molecular weight is 455 g/mol. The first kappa shape index (κ1) is 22.1. The summed E-state index contributed by atoms with van der Waals surface area (Å²) in [6, 6.07) is 12.1. The average Bonchev–Trinajstić information content (AvgIpc) is 2.70. The Labute approximate surface area is 182 Å². The monoisotopic (exact) mass is 454 g/mol. The lowest BCUT2D eigenvalue weighted by Gasteiger charge is -2.31. The molecule has 1 N–H and O–H groups in total. The number of piperidine rings is 1. The molecule has 1 aliphatic rings. The van der Waals surface area contributed by atoms with Crippen LogP contribution in [0.4, 0.5) is 5.69 Å². The zero-order valence-corrected chi connectivity index (χ0v) is 18.7. The maximum atomic E-state index is 13.0. The molecule has 0 spiro atoms. The van der Waals surface area contributed by atoms with Crippen LogP contribution in [0.1, 0.15) is 38.2 Å². The highest BCUT2D eigenvalue weighted by molar-refractivity contribution is 7.89.